The van der Waals surface area contributed by atoms with Gasteiger partial charge in [-0.15, -0.1) is 6.58 Å². The Kier molecular flexibility index (Phi) is 5.21. The summed E-state index contributed by atoms with van der Waals surface area (Å²) < 4.78 is 0. The van der Waals surface area contributed by atoms with E-state index in [0.29, 0.717) is 11.1 Å². The number of rotatable bonds is 4. The summed E-state index contributed by atoms with van der Waals surface area (Å²) in [6, 6.07) is 17.6. The fraction of sp³-hybridized carbons (Fsp3) is 0.227. The van der Waals surface area contributed by atoms with Crippen molar-refractivity contribution in [2.45, 2.75) is 18.9 Å². The van der Waals surface area contributed by atoms with Gasteiger partial charge in [-0.05, 0) is 37.6 Å². The molecule has 5 nitrogen and oxygen atoms in total. The Balaban J connectivity index is 1.92. The fourth-order valence-electron chi connectivity index (χ4n) is 3.43. The zero-order valence-electron chi connectivity index (χ0n) is 15.3. The highest BCUT2D eigenvalue weighted by Crippen LogP contribution is 2.29. The van der Waals surface area contributed by atoms with Crippen molar-refractivity contribution in [2.24, 2.45) is 0 Å². The maximum atomic E-state index is 13.3. The molecule has 1 aliphatic heterocycles. The van der Waals surface area contributed by atoms with Gasteiger partial charge in [0.2, 0.25) is 0 Å². The average Bonchev–Trinajstić information content (AvgIpc) is 2.71. The van der Waals surface area contributed by atoms with E-state index in [-0.39, 0.29) is 37.2 Å². The first-order chi connectivity index (χ1) is 13.0. The molecule has 1 fully saturated rings. The molecule has 0 saturated carbocycles. The lowest BCUT2D eigenvalue weighted by Gasteiger charge is -2.46. The molecule has 3 amide bonds. The molecule has 0 N–H and O–H groups in total. The Labute approximate surface area is 158 Å². The van der Waals surface area contributed by atoms with Crippen LogP contribution in [0.15, 0.2) is 73.3 Å². The molecule has 1 heterocycles. The molecule has 0 bridgehead atoms. The largest absolute Gasteiger partial charge is 0.322 e. The highest BCUT2D eigenvalue weighted by atomic mass is 16.2. The Morgan fingerprint density at radius 2 is 1.48 bits per heavy atom. The van der Waals surface area contributed by atoms with E-state index in [1.165, 1.54) is 4.90 Å². The molecular formula is C22H22N2O3. The van der Waals surface area contributed by atoms with Gasteiger partial charge in [-0.25, -0.2) is 0 Å². The number of piperazine rings is 1. The maximum absolute atomic E-state index is 13.3. The lowest BCUT2D eigenvalue weighted by Crippen LogP contribution is -2.66. The van der Waals surface area contributed by atoms with Crippen LogP contribution in [0.3, 0.4) is 0 Å². The predicted molar refractivity (Wildman–Crippen MR) is 103 cm³/mol. The molecular weight excluding hydrogens is 340 g/mol. The van der Waals surface area contributed by atoms with Crippen LogP contribution >= 0.6 is 0 Å². The van der Waals surface area contributed by atoms with Crippen molar-refractivity contribution in [3.8, 4) is 0 Å². The Morgan fingerprint density at radius 3 is 2.00 bits per heavy atom. The van der Waals surface area contributed by atoms with E-state index in [2.05, 4.69) is 6.58 Å². The van der Waals surface area contributed by atoms with Gasteiger partial charge >= 0.3 is 0 Å². The molecule has 0 unspecified atom stereocenters. The van der Waals surface area contributed by atoms with Crippen molar-refractivity contribution in [3.63, 3.8) is 0 Å². The third-order valence-electron chi connectivity index (χ3n) is 4.92. The summed E-state index contributed by atoms with van der Waals surface area (Å²) in [5, 5.41) is 0. The van der Waals surface area contributed by atoms with Crippen LogP contribution in [0.2, 0.25) is 0 Å². The number of imide groups is 1. The smallest absolute Gasteiger partial charge is 0.260 e. The van der Waals surface area contributed by atoms with Crippen LogP contribution in [-0.2, 0) is 4.79 Å². The molecule has 2 aromatic rings. The summed E-state index contributed by atoms with van der Waals surface area (Å²) in [6.45, 7) is 5.88. The molecule has 0 spiro atoms. The number of hydrogen-bond donors (Lipinski definition) is 0. The van der Waals surface area contributed by atoms with Crippen molar-refractivity contribution in [1.82, 2.24) is 9.80 Å². The molecule has 27 heavy (non-hydrogen) atoms. The molecule has 5 heteroatoms. The van der Waals surface area contributed by atoms with Gasteiger partial charge in [0.25, 0.3) is 17.7 Å². The van der Waals surface area contributed by atoms with E-state index in [9.17, 15) is 14.4 Å². The van der Waals surface area contributed by atoms with Crippen molar-refractivity contribution in [3.05, 3.63) is 84.4 Å². The van der Waals surface area contributed by atoms with Gasteiger partial charge in [-0.2, -0.15) is 0 Å². The van der Waals surface area contributed by atoms with Crippen LogP contribution in [0.4, 0.5) is 0 Å². The fourth-order valence-corrected chi connectivity index (χ4v) is 3.43. The molecule has 1 saturated heterocycles. The highest BCUT2D eigenvalue weighted by molar-refractivity contribution is 6.09. The maximum Gasteiger partial charge on any atom is 0.260 e. The van der Waals surface area contributed by atoms with E-state index in [0.717, 1.165) is 0 Å². The molecule has 1 atom stereocenters. The van der Waals surface area contributed by atoms with Crippen LogP contribution in [0.5, 0.6) is 0 Å². The summed E-state index contributed by atoms with van der Waals surface area (Å²) in [5.74, 6) is -0.949. The number of amides is 3. The second kappa shape index (κ2) is 7.58. The Morgan fingerprint density at radius 1 is 0.963 bits per heavy atom. The van der Waals surface area contributed by atoms with Gasteiger partial charge < -0.3 is 4.90 Å². The summed E-state index contributed by atoms with van der Waals surface area (Å²) in [6.07, 6.45) is 1.88. The monoisotopic (exact) mass is 362 g/mol. The molecule has 2 aromatic carbocycles. The van der Waals surface area contributed by atoms with Crippen molar-refractivity contribution in [1.29, 1.82) is 0 Å². The van der Waals surface area contributed by atoms with Crippen LogP contribution in [0.1, 0.15) is 34.1 Å². The van der Waals surface area contributed by atoms with Crippen LogP contribution in [0, 0.1) is 0 Å². The van der Waals surface area contributed by atoms with Gasteiger partial charge in [0.05, 0.1) is 0 Å². The minimum Gasteiger partial charge on any atom is -0.322 e. The summed E-state index contributed by atoms with van der Waals surface area (Å²) in [5.41, 5.74) is -0.185. The van der Waals surface area contributed by atoms with Crippen molar-refractivity contribution < 1.29 is 14.4 Å². The van der Waals surface area contributed by atoms with E-state index >= 15 is 0 Å². The van der Waals surface area contributed by atoms with Gasteiger partial charge in [-0.1, -0.05) is 42.5 Å². The lowest BCUT2D eigenvalue weighted by molar-refractivity contribution is -0.144. The minimum atomic E-state index is -1.16. The summed E-state index contributed by atoms with van der Waals surface area (Å²) >= 11 is 0. The minimum absolute atomic E-state index is 0.165. The number of carbonyl (C=O) groups is 3. The molecule has 1 aliphatic rings. The van der Waals surface area contributed by atoms with E-state index < -0.39 is 5.54 Å². The first-order valence-corrected chi connectivity index (χ1v) is 8.88. The van der Waals surface area contributed by atoms with Crippen LogP contribution < -0.4 is 0 Å². The van der Waals surface area contributed by atoms with Crippen LogP contribution in [-0.4, -0.2) is 46.1 Å². The molecule has 0 aromatic heterocycles. The quantitative estimate of drug-likeness (QED) is 0.620. The number of hydrogen-bond acceptors (Lipinski definition) is 3. The van der Waals surface area contributed by atoms with Crippen molar-refractivity contribution in [2.75, 3.05) is 13.1 Å². The normalized spacial score (nSPS) is 19.7. The Hall–Kier alpha value is -3.21. The first kappa shape index (κ1) is 18.6. The standard InChI is InChI=1S/C22H22N2O3/c1-3-14-22(2)21(27)23(19(25)17-10-6-4-7-11-17)15-16-24(22)20(26)18-12-8-5-9-13-18/h3-13H,1,14-16H2,2H3/t22-/m0/s1. The van der Waals surface area contributed by atoms with Gasteiger partial charge in [0.15, 0.2) is 0 Å². The average molecular weight is 362 g/mol. The third-order valence-corrected chi connectivity index (χ3v) is 4.92. The molecule has 0 aliphatic carbocycles. The third kappa shape index (κ3) is 3.40. The Bertz CT molecular complexity index is 864. The lowest BCUT2D eigenvalue weighted by atomic mass is 9.89. The molecule has 0 radical (unpaired) electrons. The summed E-state index contributed by atoms with van der Waals surface area (Å²) in [4.78, 5) is 41.9. The topological polar surface area (TPSA) is 57.7 Å². The van der Waals surface area contributed by atoms with Crippen molar-refractivity contribution >= 4 is 17.7 Å². The predicted octanol–water partition coefficient (Wildman–Crippen LogP) is 3.15. The van der Waals surface area contributed by atoms with Gasteiger partial charge in [0.1, 0.15) is 5.54 Å². The van der Waals surface area contributed by atoms with Crippen LogP contribution in [0.25, 0.3) is 0 Å². The van der Waals surface area contributed by atoms with E-state index in [1.807, 2.05) is 12.1 Å². The second-order valence-electron chi connectivity index (χ2n) is 6.72. The second-order valence-corrected chi connectivity index (χ2v) is 6.72. The first-order valence-electron chi connectivity index (χ1n) is 8.88. The number of carbonyl (C=O) groups excluding carboxylic acids is 3. The van der Waals surface area contributed by atoms with Gasteiger partial charge in [0, 0.05) is 24.2 Å². The number of benzene rings is 2. The zero-order valence-corrected chi connectivity index (χ0v) is 15.3. The molecule has 138 valence electrons. The summed E-state index contributed by atoms with van der Waals surface area (Å²) in [7, 11) is 0. The SMILES string of the molecule is C=CC[C@@]1(C)C(=O)N(C(=O)c2ccccc2)CCN1C(=O)c1ccccc1. The van der Waals surface area contributed by atoms with Gasteiger partial charge in [-0.3, -0.25) is 19.3 Å². The van der Waals surface area contributed by atoms with E-state index in [1.54, 1.807) is 66.4 Å². The number of nitrogens with zero attached hydrogens (tertiary/aromatic N) is 2. The zero-order chi connectivity index (χ0) is 19.4. The molecule has 3 rings (SSSR count). The van der Waals surface area contributed by atoms with E-state index in [4.69, 9.17) is 0 Å². The highest BCUT2D eigenvalue weighted by Gasteiger charge is 2.48.